The van der Waals surface area contributed by atoms with E-state index in [1.807, 2.05) is 7.11 Å². The van der Waals surface area contributed by atoms with Crippen LogP contribution in [-0.4, -0.2) is 15.4 Å². The molecule has 0 aromatic rings. The summed E-state index contributed by atoms with van der Waals surface area (Å²) in [4.78, 5) is 0. The zero-order chi connectivity index (χ0) is 17.4. The third-order valence-corrected chi connectivity index (χ3v) is 9.37. The third kappa shape index (κ3) is 18.2. The van der Waals surface area contributed by atoms with Gasteiger partial charge in [0.1, 0.15) is 0 Å². The van der Waals surface area contributed by atoms with E-state index in [0.717, 1.165) is 5.54 Å². The molecule has 0 aliphatic carbocycles. The first kappa shape index (κ1) is 30.8. The van der Waals surface area contributed by atoms with Gasteiger partial charge in [-0.05, 0) is 18.6 Å². The normalized spacial score (nSPS) is 12.4. The Morgan fingerprint density at radius 1 is 0.680 bits per heavy atom. The molecule has 156 valence electrons. The van der Waals surface area contributed by atoms with E-state index in [4.69, 9.17) is 4.43 Å². The van der Waals surface area contributed by atoms with Crippen LogP contribution in [0.4, 0.5) is 0 Å². The van der Waals surface area contributed by atoms with Crippen molar-refractivity contribution in [2.75, 3.05) is 7.11 Å². The predicted molar refractivity (Wildman–Crippen MR) is 130 cm³/mol. The highest BCUT2D eigenvalue weighted by atomic mass is 79.9. The second kappa shape index (κ2) is 21.4. The number of hydrogen-bond donors (Lipinski definition) is 0. The number of rotatable bonds is 17. The van der Waals surface area contributed by atoms with Gasteiger partial charge < -0.3 is 4.43 Å². The van der Waals surface area contributed by atoms with E-state index in [9.17, 15) is 0 Å². The Hall–Kier alpha value is 1.09. The number of unbranched alkanes of at least 4 members (excludes halogenated alkanes) is 12. The van der Waals surface area contributed by atoms with Gasteiger partial charge in [0.25, 0.3) is 0 Å². The summed E-state index contributed by atoms with van der Waals surface area (Å²) in [6.07, 6.45) is 21.5. The predicted octanol–water partition coefficient (Wildman–Crippen LogP) is 8.74. The Morgan fingerprint density at radius 3 is 1.36 bits per heavy atom. The van der Waals surface area contributed by atoms with Gasteiger partial charge in [0.05, 0.1) is 0 Å². The van der Waals surface area contributed by atoms with Crippen molar-refractivity contribution in [3.63, 3.8) is 0 Å². The smallest absolute Gasteiger partial charge is 0.189 e. The first-order chi connectivity index (χ1) is 11.1. The molecule has 1 nitrogen and oxygen atoms in total. The quantitative estimate of drug-likeness (QED) is 0.121. The van der Waals surface area contributed by atoms with Crippen LogP contribution < -0.4 is 0 Å². The van der Waals surface area contributed by atoms with Crippen molar-refractivity contribution in [2.45, 2.75) is 129 Å². The molecule has 0 saturated carbocycles. The summed E-state index contributed by atoms with van der Waals surface area (Å²) in [5, 5.41) is 0. The molecule has 0 radical (unpaired) electrons. The lowest BCUT2D eigenvalue weighted by Crippen LogP contribution is -2.35. The first-order valence-corrected chi connectivity index (χ1v) is 13.6. The summed E-state index contributed by atoms with van der Waals surface area (Å²) in [6.45, 7) is 9.39. The molecule has 0 bridgehead atoms. The Labute approximate surface area is 175 Å². The van der Waals surface area contributed by atoms with Gasteiger partial charge in [-0.3, -0.25) is 0 Å². The molecule has 0 fully saturated rings. The van der Waals surface area contributed by atoms with E-state index >= 15 is 0 Å². The van der Waals surface area contributed by atoms with Gasteiger partial charge in [-0.15, -0.1) is 17.0 Å². The van der Waals surface area contributed by atoms with E-state index < -0.39 is 8.32 Å². The molecule has 0 amide bonds. The summed E-state index contributed by atoms with van der Waals surface area (Å²) in [5.41, 5.74) is 0.847. The third-order valence-electron chi connectivity index (χ3n) is 5.66. The van der Waals surface area contributed by atoms with Crippen molar-refractivity contribution < 1.29 is 4.43 Å². The van der Waals surface area contributed by atoms with Gasteiger partial charge in [0.15, 0.2) is 8.32 Å². The summed E-state index contributed by atoms with van der Waals surface area (Å²) in [7, 11) is 0.506. The van der Waals surface area contributed by atoms with Gasteiger partial charge in [-0.25, -0.2) is 0 Å². The molecular formula is C21H50BrOPSi. The fourth-order valence-electron chi connectivity index (χ4n) is 3.62. The molecule has 4 heteroatoms. The SMILES string of the molecule is Br.CCCCCCCCCCCCCCCC(CC)[Si](C)(C)OC.P. The molecule has 0 aliphatic rings. The van der Waals surface area contributed by atoms with Gasteiger partial charge in [-0.1, -0.05) is 110 Å². The van der Waals surface area contributed by atoms with Gasteiger partial charge in [0.2, 0.25) is 0 Å². The highest BCUT2D eigenvalue weighted by molar-refractivity contribution is 8.93. The zero-order valence-electron chi connectivity index (χ0n) is 18.2. The van der Waals surface area contributed by atoms with E-state index in [1.165, 1.54) is 96.3 Å². The van der Waals surface area contributed by atoms with Crippen LogP contribution in [0.5, 0.6) is 0 Å². The topological polar surface area (TPSA) is 9.23 Å². The van der Waals surface area contributed by atoms with E-state index in [-0.39, 0.29) is 26.9 Å². The molecule has 0 aromatic carbocycles. The lowest BCUT2D eigenvalue weighted by atomic mass is 10.0. The second-order valence-corrected chi connectivity index (χ2v) is 12.4. The van der Waals surface area contributed by atoms with E-state index in [2.05, 4.69) is 26.9 Å². The highest BCUT2D eigenvalue weighted by Gasteiger charge is 2.30. The van der Waals surface area contributed by atoms with E-state index in [1.54, 1.807) is 0 Å². The molecule has 0 heterocycles. The summed E-state index contributed by atoms with van der Waals surface area (Å²) in [5.74, 6) is 0. The van der Waals surface area contributed by atoms with Crippen LogP contribution in [-0.2, 0) is 4.43 Å². The monoisotopic (exact) mass is 456 g/mol. The molecule has 0 N–H and O–H groups in total. The minimum Gasteiger partial charge on any atom is -0.420 e. The van der Waals surface area contributed by atoms with Gasteiger partial charge in [-0.2, -0.15) is 9.90 Å². The molecule has 2 unspecified atom stereocenters. The minimum atomic E-state index is -1.41. The largest absolute Gasteiger partial charge is 0.420 e. The van der Waals surface area contributed by atoms with Crippen LogP contribution >= 0.6 is 26.9 Å². The van der Waals surface area contributed by atoms with Crippen LogP contribution in [0.25, 0.3) is 0 Å². The van der Waals surface area contributed by atoms with Gasteiger partial charge in [0, 0.05) is 7.11 Å². The average Bonchev–Trinajstić information content (AvgIpc) is 2.55. The molecule has 0 aromatic heterocycles. The maximum Gasteiger partial charge on any atom is 0.189 e. The maximum atomic E-state index is 5.79. The van der Waals surface area contributed by atoms with Crippen molar-refractivity contribution in [3.8, 4) is 0 Å². The Balaban J connectivity index is -0.00000242. The Kier molecular flexibility index (Phi) is 26.4. The zero-order valence-corrected chi connectivity index (χ0v) is 22.3. The van der Waals surface area contributed by atoms with Crippen LogP contribution in [0.3, 0.4) is 0 Å². The maximum absolute atomic E-state index is 5.79. The lowest BCUT2D eigenvalue weighted by molar-refractivity contribution is 0.380. The summed E-state index contributed by atoms with van der Waals surface area (Å²) in [6, 6.07) is 0. The Bertz CT molecular complexity index is 252. The molecule has 0 saturated heterocycles. The molecule has 2 atom stereocenters. The van der Waals surface area contributed by atoms with Crippen LogP contribution in [0.15, 0.2) is 0 Å². The molecule has 0 aliphatic heterocycles. The fraction of sp³-hybridized carbons (Fsp3) is 1.00. The Morgan fingerprint density at radius 2 is 1.04 bits per heavy atom. The second-order valence-electron chi connectivity index (χ2n) is 7.94. The summed E-state index contributed by atoms with van der Waals surface area (Å²) >= 11 is 0. The van der Waals surface area contributed by atoms with Crippen molar-refractivity contribution in [1.29, 1.82) is 0 Å². The fourth-order valence-corrected chi connectivity index (χ4v) is 5.83. The van der Waals surface area contributed by atoms with Crippen LogP contribution in [0, 0.1) is 0 Å². The standard InChI is InChI=1S/C21H46OSi.BrH.H3P/c1-6-8-9-10-11-12-13-14-15-16-17-18-19-20-21(7-2)23(4,5)22-3;;/h21H,6-20H2,1-5H3;1H;1H3. The summed E-state index contributed by atoms with van der Waals surface area (Å²) < 4.78 is 5.79. The van der Waals surface area contributed by atoms with Crippen molar-refractivity contribution >= 4 is 35.2 Å². The molecule has 0 spiro atoms. The van der Waals surface area contributed by atoms with Gasteiger partial charge >= 0.3 is 0 Å². The average molecular weight is 458 g/mol. The van der Waals surface area contributed by atoms with E-state index in [0.29, 0.717) is 0 Å². The van der Waals surface area contributed by atoms with Crippen LogP contribution in [0.1, 0.15) is 110 Å². The van der Waals surface area contributed by atoms with Crippen molar-refractivity contribution in [3.05, 3.63) is 0 Å². The van der Waals surface area contributed by atoms with Crippen molar-refractivity contribution in [2.24, 2.45) is 0 Å². The first-order valence-electron chi connectivity index (χ1n) is 10.6. The van der Waals surface area contributed by atoms with Crippen LogP contribution in [0.2, 0.25) is 18.6 Å². The number of hydrogen-bond acceptors (Lipinski definition) is 1. The minimum absolute atomic E-state index is 0. The molecule has 0 rings (SSSR count). The number of halogens is 1. The molecule has 25 heavy (non-hydrogen) atoms. The lowest BCUT2D eigenvalue weighted by Gasteiger charge is -2.30. The highest BCUT2D eigenvalue weighted by Crippen LogP contribution is 2.31. The van der Waals surface area contributed by atoms with Crippen molar-refractivity contribution in [1.82, 2.24) is 0 Å². The molecular weight excluding hydrogens is 407 g/mol.